The van der Waals surface area contributed by atoms with E-state index in [-0.39, 0.29) is 12.2 Å². The Morgan fingerprint density at radius 2 is 1.65 bits per heavy atom. The summed E-state index contributed by atoms with van der Waals surface area (Å²) in [5.41, 5.74) is 2.33. The summed E-state index contributed by atoms with van der Waals surface area (Å²) in [6.07, 6.45) is 3.68. The van der Waals surface area contributed by atoms with Gasteiger partial charge in [-0.15, -0.1) is 0 Å². The van der Waals surface area contributed by atoms with Crippen LogP contribution < -0.4 is 0 Å². The van der Waals surface area contributed by atoms with Crippen molar-refractivity contribution in [3.63, 3.8) is 0 Å². The highest BCUT2D eigenvalue weighted by Crippen LogP contribution is 2.40. The number of halogens is 1. The van der Waals surface area contributed by atoms with E-state index in [1.54, 1.807) is 0 Å². The van der Waals surface area contributed by atoms with Crippen molar-refractivity contribution in [1.82, 2.24) is 4.90 Å². The van der Waals surface area contributed by atoms with E-state index in [2.05, 4.69) is 48.3 Å². The molecule has 0 amide bonds. The highest BCUT2D eigenvalue weighted by Gasteiger charge is 2.46. The van der Waals surface area contributed by atoms with Crippen molar-refractivity contribution in [3.8, 4) is 0 Å². The quantitative estimate of drug-likeness (QED) is 0.760. The molecule has 3 nitrogen and oxygen atoms in total. The average molecular weight is 372 g/mol. The van der Waals surface area contributed by atoms with E-state index in [9.17, 15) is 0 Å². The molecule has 0 aliphatic carbocycles. The van der Waals surface area contributed by atoms with Gasteiger partial charge >= 0.3 is 0 Å². The zero-order chi connectivity index (χ0) is 18.1. The monoisotopic (exact) mass is 371 g/mol. The fourth-order valence-electron chi connectivity index (χ4n) is 4.55. The molecule has 138 valence electrons. The molecule has 0 spiro atoms. The number of hydrogen-bond acceptors (Lipinski definition) is 3. The van der Waals surface area contributed by atoms with Crippen molar-refractivity contribution in [2.75, 3.05) is 14.2 Å². The minimum absolute atomic E-state index is 0.0673. The lowest BCUT2D eigenvalue weighted by Gasteiger charge is -2.38. The molecule has 2 aliphatic rings. The van der Waals surface area contributed by atoms with Gasteiger partial charge in [-0.25, -0.2) is 0 Å². The van der Waals surface area contributed by atoms with E-state index in [0.717, 1.165) is 29.8 Å². The summed E-state index contributed by atoms with van der Waals surface area (Å²) < 4.78 is 12.4. The summed E-state index contributed by atoms with van der Waals surface area (Å²) in [6, 6.07) is 19.5. The van der Waals surface area contributed by atoms with Crippen LogP contribution in [0.25, 0.3) is 0 Å². The van der Waals surface area contributed by atoms with Gasteiger partial charge in [-0.2, -0.15) is 0 Å². The van der Waals surface area contributed by atoms with Gasteiger partial charge in [0.05, 0.1) is 12.2 Å². The molecular formula is C22H26ClNO2. The third-order valence-electron chi connectivity index (χ3n) is 5.98. The first-order valence-electron chi connectivity index (χ1n) is 9.36. The van der Waals surface area contributed by atoms with Crippen molar-refractivity contribution >= 4 is 11.6 Å². The molecule has 2 aromatic rings. The standard InChI is InChI=1S/C22H26ClNO2/c1-24-18-12-19(14-20(24)21(13-18)25-2)26-22(15-6-4-3-5-7-15)16-8-10-17(23)11-9-16/h3-11,18-22H,12-14H2,1-2H3/t18?,19-,20?,21+,22?/m0/s1. The number of fused-ring (bicyclic) bond motifs is 2. The summed E-state index contributed by atoms with van der Waals surface area (Å²) in [5.74, 6) is 0. The average Bonchev–Trinajstić information content (AvgIpc) is 2.85. The highest BCUT2D eigenvalue weighted by atomic mass is 35.5. The van der Waals surface area contributed by atoms with Crippen LogP contribution in [-0.2, 0) is 9.47 Å². The summed E-state index contributed by atoms with van der Waals surface area (Å²) in [4.78, 5) is 2.48. The zero-order valence-electron chi connectivity index (χ0n) is 15.3. The maximum absolute atomic E-state index is 6.70. The Kier molecular flexibility index (Phi) is 5.32. The molecule has 5 atom stereocenters. The van der Waals surface area contributed by atoms with Crippen LogP contribution in [0.5, 0.6) is 0 Å². The highest BCUT2D eigenvalue weighted by molar-refractivity contribution is 6.30. The molecule has 2 aromatic carbocycles. The van der Waals surface area contributed by atoms with Gasteiger partial charge in [-0.3, -0.25) is 4.90 Å². The molecule has 2 heterocycles. The largest absolute Gasteiger partial charge is 0.380 e. The lowest BCUT2D eigenvalue weighted by Crippen LogP contribution is -2.45. The van der Waals surface area contributed by atoms with Crippen LogP contribution in [0.2, 0.25) is 5.02 Å². The van der Waals surface area contributed by atoms with Gasteiger partial charge in [0.15, 0.2) is 0 Å². The first kappa shape index (κ1) is 18.0. The number of piperidine rings is 1. The topological polar surface area (TPSA) is 21.7 Å². The van der Waals surface area contributed by atoms with Gasteiger partial charge in [-0.05, 0) is 49.6 Å². The summed E-state index contributed by atoms with van der Waals surface area (Å²) in [6.45, 7) is 0. The lowest BCUT2D eigenvalue weighted by atomic mass is 9.97. The number of ether oxygens (including phenoxy) is 2. The maximum Gasteiger partial charge on any atom is 0.108 e. The predicted octanol–water partition coefficient (Wildman–Crippen LogP) is 4.70. The zero-order valence-corrected chi connectivity index (χ0v) is 16.1. The second-order valence-corrected chi connectivity index (χ2v) is 7.90. The Hall–Kier alpha value is -1.39. The first-order valence-corrected chi connectivity index (χ1v) is 9.74. The Morgan fingerprint density at radius 1 is 0.962 bits per heavy atom. The van der Waals surface area contributed by atoms with Crippen molar-refractivity contribution < 1.29 is 9.47 Å². The number of nitrogens with zero attached hydrogens (tertiary/aromatic N) is 1. The van der Waals surface area contributed by atoms with Crippen LogP contribution in [-0.4, -0.2) is 43.3 Å². The number of methoxy groups -OCH3 is 1. The molecule has 2 bridgehead atoms. The second-order valence-electron chi connectivity index (χ2n) is 7.47. The smallest absolute Gasteiger partial charge is 0.108 e. The molecule has 4 rings (SSSR count). The summed E-state index contributed by atoms with van der Waals surface area (Å²) >= 11 is 6.09. The van der Waals surface area contributed by atoms with Gasteiger partial charge in [0.1, 0.15) is 6.10 Å². The SMILES string of the molecule is CO[C@@H]1CC2C[C@H](OC(c3ccccc3)c3ccc(Cl)cc3)CC1N2C. The van der Waals surface area contributed by atoms with E-state index in [4.69, 9.17) is 21.1 Å². The Balaban J connectivity index is 1.57. The number of hydrogen-bond donors (Lipinski definition) is 0. The van der Waals surface area contributed by atoms with E-state index in [1.807, 2.05) is 25.3 Å². The minimum Gasteiger partial charge on any atom is -0.380 e. The number of rotatable bonds is 5. The Morgan fingerprint density at radius 3 is 2.35 bits per heavy atom. The van der Waals surface area contributed by atoms with Crippen LogP contribution in [0.1, 0.15) is 36.5 Å². The predicted molar refractivity (Wildman–Crippen MR) is 105 cm³/mol. The van der Waals surface area contributed by atoms with Gasteiger partial charge in [0.2, 0.25) is 0 Å². The van der Waals surface area contributed by atoms with E-state index in [1.165, 1.54) is 5.56 Å². The summed E-state index contributed by atoms with van der Waals surface area (Å²) in [7, 11) is 4.05. The maximum atomic E-state index is 6.70. The van der Waals surface area contributed by atoms with Crippen LogP contribution in [0.3, 0.4) is 0 Å². The normalized spacial score (nSPS) is 29.7. The van der Waals surface area contributed by atoms with E-state index in [0.29, 0.717) is 18.2 Å². The summed E-state index contributed by atoms with van der Waals surface area (Å²) in [5, 5.41) is 0.751. The molecule has 2 fully saturated rings. The van der Waals surface area contributed by atoms with Crippen LogP contribution >= 0.6 is 11.6 Å². The first-order chi connectivity index (χ1) is 12.7. The molecule has 0 radical (unpaired) electrons. The van der Waals surface area contributed by atoms with Crippen molar-refractivity contribution in [1.29, 1.82) is 0 Å². The van der Waals surface area contributed by atoms with Crippen LogP contribution in [0, 0.1) is 0 Å². The fourth-order valence-corrected chi connectivity index (χ4v) is 4.67. The van der Waals surface area contributed by atoms with Crippen molar-refractivity contribution in [3.05, 3.63) is 70.7 Å². The van der Waals surface area contributed by atoms with Gasteiger partial charge in [-0.1, -0.05) is 54.1 Å². The molecule has 2 aliphatic heterocycles. The molecule has 26 heavy (non-hydrogen) atoms. The van der Waals surface area contributed by atoms with Crippen molar-refractivity contribution in [2.45, 2.75) is 49.7 Å². The van der Waals surface area contributed by atoms with E-state index < -0.39 is 0 Å². The van der Waals surface area contributed by atoms with Gasteiger partial charge in [0, 0.05) is 24.2 Å². The number of benzene rings is 2. The lowest BCUT2D eigenvalue weighted by molar-refractivity contribution is -0.0523. The Labute approximate surface area is 160 Å². The Bertz CT molecular complexity index is 721. The van der Waals surface area contributed by atoms with Crippen molar-refractivity contribution in [2.24, 2.45) is 0 Å². The second kappa shape index (κ2) is 7.69. The van der Waals surface area contributed by atoms with Gasteiger partial charge < -0.3 is 9.47 Å². The van der Waals surface area contributed by atoms with Crippen LogP contribution in [0.4, 0.5) is 0 Å². The minimum atomic E-state index is -0.0673. The molecule has 0 saturated carbocycles. The fraction of sp³-hybridized carbons (Fsp3) is 0.455. The van der Waals surface area contributed by atoms with Gasteiger partial charge in [0.25, 0.3) is 0 Å². The third kappa shape index (κ3) is 3.54. The molecule has 3 unspecified atom stereocenters. The third-order valence-corrected chi connectivity index (χ3v) is 6.23. The van der Waals surface area contributed by atoms with Crippen LogP contribution in [0.15, 0.2) is 54.6 Å². The molecular weight excluding hydrogens is 346 g/mol. The molecule has 2 saturated heterocycles. The molecule has 0 N–H and O–H groups in total. The number of likely N-dealkylation sites (N-methyl/N-ethyl adjacent to an activating group) is 1. The molecule has 0 aromatic heterocycles. The van der Waals surface area contributed by atoms with E-state index >= 15 is 0 Å². The molecule has 4 heteroatoms.